The number of hydrogen-bond acceptors (Lipinski definition) is 4. The molecule has 5 nitrogen and oxygen atoms in total. The average Bonchev–Trinajstić information content (AvgIpc) is 3.14. The lowest BCUT2D eigenvalue weighted by atomic mass is 10.2. The molecule has 4 aromatic rings. The van der Waals surface area contributed by atoms with Gasteiger partial charge in [0.25, 0.3) is 5.91 Å². The summed E-state index contributed by atoms with van der Waals surface area (Å²) in [6.45, 7) is 0. The van der Waals surface area contributed by atoms with Gasteiger partial charge < -0.3 is 9.73 Å². The Morgan fingerprint density at radius 2 is 1.90 bits per heavy atom. The molecule has 1 aromatic heterocycles. The number of thiocarbonyl (C=S) groups is 1. The molecular weight excluding hydrogens is 680 g/mol. The molecule has 31 heavy (non-hydrogen) atoms. The fourth-order valence-electron chi connectivity index (χ4n) is 2.79. The number of anilines is 1. The van der Waals surface area contributed by atoms with Gasteiger partial charge in [-0.15, -0.1) is 0 Å². The number of halogens is 4. The van der Waals surface area contributed by atoms with Crippen LogP contribution in [0.3, 0.4) is 0 Å². The molecule has 0 unspecified atom stereocenters. The maximum Gasteiger partial charge on any atom is 0.258 e. The Balaban J connectivity index is 1.52. The van der Waals surface area contributed by atoms with E-state index < -0.39 is 5.91 Å². The van der Waals surface area contributed by atoms with Crippen LogP contribution in [0.4, 0.5) is 5.69 Å². The average molecular weight is 692 g/mol. The van der Waals surface area contributed by atoms with E-state index in [2.05, 4.69) is 70.1 Å². The zero-order chi connectivity index (χ0) is 22.1. The molecule has 0 aliphatic heterocycles. The molecule has 0 bridgehead atoms. The molecule has 1 amide bonds. The van der Waals surface area contributed by atoms with E-state index in [0.29, 0.717) is 33.3 Å². The van der Waals surface area contributed by atoms with Gasteiger partial charge in [0.1, 0.15) is 5.52 Å². The van der Waals surface area contributed by atoms with Crippen LogP contribution in [0.1, 0.15) is 10.4 Å². The van der Waals surface area contributed by atoms with E-state index in [1.165, 1.54) is 0 Å². The summed E-state index contributed by atoms with van der Waals surface area (Å²) < 4.78 is 8.62. The minimum Gasteiger partial charge on any atom is -0.436 e. The first-order valence-electron chi connectivity index (χ1n) is 8.73. The van der Waals surface area contributed by atoms with Crippen molar-refractivity contribution < 1.29 is 9.21 Å². The van der Waals surface area contributed by atoms with Gasteiger partial charge in [-0.2, -0.15) is 0 Å². The normalized spacial score (nSPS) is 10.8. The minimum absolute atomic E-state index is 0.143. The molecule has 0 aliphatic rings. The zero-order valence-corrected chi connectivity index (χ0v) is 22.3. The van der Waals surface area contributed by atoms with Gasteiger partial charge in [-0.05, 0) is 105 Å². The lowest BCUT2D eigenvalue weighted by Crippen LogP contribution is -2.34. The van der Waals surface area contributed by atoms with E-state index >= 15 is 0 Å². The molecule has 0 aliphatic carbocycles. The largest absolute Gasteiger partial charge is 0.436 e. The Labute approximate surface area is 218 Å². The monoisotopic (exact) mass is 689 g/mol. The summed E-state index contributed by atoms with van der Waals surface area (Å²) in [5.41, 5.74) is 3.16. The van der Waals surface area contributed by atoms with E-state index in [-0.39, 0.29) is 5.11 Å². The Morgan fingerprint density at radius 1 is 1.10 bits per heavy atom. The third kappa shape index (κ3) is 5.28. The van der Waals surface area contributed by atoms with E-state index in [1.807, 2.05) is 18.2 Å². The molecule has 0 spiro atoms. The van der Waals surface area contributed by atoms with Gasteiger partial charge in [-0.25, -0.2) is 4.98 Å². The molecule has 0 atom stereocenters. The number of carbonyl (C=O) groups is 1. The van der Waals surface area contributed by atoms with Crippen molar-refractivity contribution in [2.75, 3.05) is 5.32 Å². The highest BCUT2D eigenvalue weighted by atomic mass is 127. The van der Waals surface area contributed by atoms with Gasteiger partial charge in [-0.3, -0.25) is 10.1 Å². The number of fused-ring (bicyclic) bond motifs is 1. The Hall–Kier alpha value is -1.53. The van der Waals surface area contributed by atoms with Crippen LogP contribution in [-0.2, 0) is 0 Å². The van der Waals surface area contributed by atoms with Crippen molar-refractivity contribution >= 4 is 106 Å². The van der Waals surface area contributed by atoms with E-state index in [9.17, 15) is 4.79 Å². The summed E-state index contributed by atoms with van der Waals surface area (Å²) in [6.07, 6.45) is 0. The second kappa shape index (κ2) is 9.53. The number of oxazole rings is 1. The topological polar surface area (TPSA) is 67.2 Å². The van der Waals surface area contributed by atoms with Crippen molar-refractivity contribution in [1.82, 2.24) is 10.3 Å². The van der Waals surface area contributed by atoms with Crippen molar-refractivity contribution in [2.45, 2.75) is 0 Å². The number of rotatable bonds is 3. The lowest BCUT2D eigenvalue weighted by Gasteiger charge is -2.10. The number of carbonyl (C=O) groups excluding carboxylic acids is 1. The molecule has 4 rings (SSSR count). The molecular formula is C21H11Br2ClIN3O2S. The van der Waals surface area contributed by atoms with Crippen molar-refractivity contribution in [3.8, 4) is 11.5 Å². The summed E-state index contributed by atoms with van der Waals surface area (Å²) in [6, 6.07) is 16.4. The molecule has 0 radical (unpaired) electrons. The molecule has 0 saturated carbocycles. The number of nitrogens with zero attached hydrogens (tertiary/aromatic N) is 1. The Kier molecular flexibility index (Phi) is 6.97. The number of hydrogen-bond donors (Lipinski definition) is 2. The number of amides is 1. The highest BCUT2D eigenvalue weighted by Crippen LogP contribution is 2.32. The Bertz CT molecular complexity index is 1350. The van der Waals surface area contributed by atoms with Crippen molar-refractivity contribution in [3.63, 3.8) is 0 Å². The van der Waals surface area contributed by atoms with Crippen LogP contribution in [0.25, 0.3) is 22.6 Å². The second-order valence-corrected chi connectivity index (χ2v) is 10.2. The van der Waals surface area contributed by atoms with Crippen molar-refractivity contribution in [2.24, 2.45) is 0 Å². The van der Waals surface area contributed by atoms with Crippen LogP contribution in [-0.4, -0.2) is 16.0 Å². The first-order valence-corrected chi connectivity index (χ1v) is 12.2. The highest BCUT2D eigenvalue weighted by Gasteiger charge is 2.15. The number of aromatic nitrogens is 1. The second-order valence-electron chi connectivity index (χ2n) is 6.36. The number of nitrogens with one attached hydrogen (secondary N) is 2. The third-order valence-electron chi connectivity index (χ3n) is 4.20. The quantitative estimate of drug-likeness (QED) is 0.173. The van der Waals surface area contributed by atoms with Crippen LogP contribution in [0, 0.1) is 3.57 Å². The van der Waals surface area contributed by atoms with Gasteiger partial charge in [-0.1, -0.05) is 27.5 Å². The summed E-state index contributed by atoms with van der Waals surface area (Å²) in [4.78, 5) is 17.1. The van der Waals surface area contributed by atoms with Crippen LogP contribution >= 0.6 is 78.3 Å². The van der Waals surface area contributed by atoms with Crippen LogP contribution in [0.2, 0.25) is 5.02 Å². The van der Waals surface area contributed by atoms with Crippen molar-refractivity contribution in [3.05, 3.63) is 77.7 Å². The highest BCUT2D eigenvalue weighted by molar-refractivity contribution is 14.1. The van der Waals surface area contributed by atoms with Crippen LogP contribution in [0.5, 0.6) is 0 Å². The van der Waals surface area contributed by atoms with Crippen LogP contribution in [0.15, 0.2) is 68.0 Å². The fraction of sp³-hybridized carbons (Fsp3) is 0. The minimum atomic E-state index is -0.405. The zero-order valence-electron chi connectivity index (χ0n) is 15.4. The maximum absolute atomic E-state index is 12.5. The summed E-state index contributed by atoms with van der Waals surface area (Å²) in [5, 5.41) is 6.10. The van der Waals surface area contributed by atoms with Gasteiger partial charge in [0.2, 0.25) is 5.89 Å². The molecule has 0 saturated heterocycles. The first kappa shape index (κ1) is 22.7. The van der Waals surface area contributed by atoms with Crippen LogP contribution < -0.4 is 10.6 Å². The van der Waals surface area contributed by atoms with Gasteiger partial charge >= 0.3 is 0 Å². The van der Waals surface area contributed by atoms with Gasteiger partial charge in [0.05, 0.1) is 16.1 Å². The standard InChI is InChI=1S/C21H11Br2ClIN3O2S/c22-10-1-5-16(24)14(7-10)19(29)28-21(31)26-12-3-6-18-17(9-12)27-20(30-18)13-8-11(25)2-4-15(13)23/h1-9H,(H2,26,28,29,31). The molecule has 1 heterocycles. The van der Waals surface area contributed by atoms with Crippen molar-refractivity contribution in [1.29, 1.82) is 0 Å². The summed E-state index contributed by atoms with van der Waals surface area (Å²) in [5.74, 6) is 0.106. The van der Waals surface area contributed by atoms with Gasteiger partial charge in [0, 0.05) is 18.2 Å². The summed E-state index contributed by atoms with van der Waals surface area (Å²) in [7, 11) is 0. The summed E-state index contributed by atoms with van der Waals surface area (Å²) >= 11 is 20.5. The van der Waals surface area contributed by atoms with E-state index in [4.69, 9.17) is 28.2 Å². The van der Waals surface area contributed by atoms with E-state index in [0.717, 1.165) is 18.1 Å². The van der Waals surface area contributed by atoms with Gasteiger partial charge in [0.15, 0.2) is 10.7 Å². The smallest absolute Gasteiger partial charge is 0.258 e. The molecule has 2 N–H and O–H groups in total. The fourth-order valence-corrected chi connectivity index (χ4v) is 4.47. The predicted octanol–water partition coefficient (Wildman–Crippen LogP) is 7.40. The number of benzene rings is 3. The maximum atomic E-state index is 12.5. The lowest BCUT2D eigenvalue weighted by molar-refractivity contribution is 0.0978. The third-order valence-corrected chi connectivity index (χ3v) is 6.59. The molecule has 10 heteroatoms. The molecule has 156 valence electrons. The molecule has 0 fully saturated rings. The van der Waals surface area contributed by atoms with E-state index in [1.54, 1.807) is 36.4 Å². The SMILES string of the molecule is O=C(NC(=S)Nc1ccc2oc(-c3cc(I)ccc3Br)nc2c1)c1cc(Br)ccc1Cl. The Morgan fingerprint density at radius 3 is 2.71 bits per heavy atom. The first-order chi connectivity index (χ1) is 14.8. The predicted molar refractivity (Wildman–Crippen MR) is 143 cm³/mol. The molecule has 3 aromatic carbocycles.